The molecule has 2 aliphatic heterocycles. The highest BCUT2D eigenvalue weighted by molar-refractivity contribution is 6.36. The van der Waals surface area contributed by atoms with Crippen LogP contribution in [-0.2, 0) is 9.53 Å². The number of halogens is 1. The molecule has 2 saturated heterocycles. The third-order valence-corrected chi connectivity index (χ3v) is 5.85. The number of carbonyl (C=O) groups is 2. The molecular weight excluding hydrogens is 342 g/mol. The molecule has 0 saturated carbocycles. The Balaban J connectivity index is 1.71. The monoisotopic (exact) mass is 359 g/mol. The lowest BCUT2D eigenvalue weighted by molar-refractivity contribution is -0.157. The Hall–Kier alpha value is -2.11. The summed E-state index contributed by atoms with van der Waals surface area (Å²) in [5.74, 6) is -1.15. The van der Waals surface area contributed by atoms with Gasteiger partial charge in [0.2, 0.25) is 0 Å². The van der Waals surface area contributed by atoms with Crippen LogP contribution in [0.25, 0.3) is 10.8 Å². The predicted octanol–water partition coefficient (Wildman–Crippen LogP) is 3.06. The van der Waals surface area contributed by atoms with Crippen molar-refractivity contribution < 1.29 is 19.4 Å². The molecule has 0 aliphatic carbocycles. The van der Waals surface area contributed by atoms with E-state index >= 15 is 0 Å². The van der Waals surface area contributed by atoms with Crippen molar-refractivity contribution in [1.82, 2.24) is 4.90 Å². The number of hydrogen-bond donors (Lipinski definition) is 1. The van der Waals surface area contributed by atoms with Gasteiger partial charge in [-0.15, -0.1) is 0 Å². The normalized spacial score (nSPS) is 25.8. The third-order valence-electron chi connectivity index (χ3n) is 5.52. The van der Waals surface area contributed by atoms with Crippen LogP contribution in [0.4, 0.5) is 0 Å². The van der Waals surface area contributed by atoms with Crippen LogP contribution in [0.1, 0.15) is 16.8 Å². The molecule has 5 nitrogen and oxygen atoms in total. The third kappa shape index (κ3) is 2.50. The van der Waals surface area contributed by atoms with Crippen molar-refractivity contribution in [3.63, 3.8) is 0 Å². The molecule has 2 aromatic rings. The van der Waals surface area contributed by atoms with Crippen molar-refractivity contribution in [3.8, 4) is 0 Å². The average molecular weight is 360 g/mol. The number of fused-ring (bicyclic) bond motifs is 2. The summed E-state index contributed by atoms with van der Waals surface area (Å²) >= 11 is 6.24. The van der Waals surface area contributed by atoms with Crippen molar-refractivity contribution in [2.45, 2.75) is 6.42 Å². The summed E-state index contributed by atoms with van der Waals surface area (Å²) in [6, 6.07) is 10.9. The second kappa shape index (κ2) is 6.00. The lowest BCUT2D eigenvalue weighted by atomic mass is 9.74. The number of ether oxygens (including phenoxy) is 1. The van der Waals surface area contributed by atoms with E-state index in [4.69, 9.17) is 16.3 Å². The molecule has 6 heteroatoms. The van der Waals surface area contributed by atoms with Gasteiger partial charge in [-0.2, -0.15) is 0 Å². The number of benzene rings is 2. The quantitative estimate of drug-likeness (QED) is 0.894. The minimum Gasteiger partial charge on any atom is -0.481 e. The van der Waals surface area contributed by atoms with Gasteiger partial charge in [0.1, 0.15) is 0 Å². The molecule has 2 atom stereocenters. The molecule has 130 valence electrons. The van der Waals surface area contributed by atoms with Gasteiger partial charge in [0, 0.05) is 41.6 Å². The van der Waals surface area contributed by atoms with Crippen LogP contribution < -0.4 is 0 Å². The van der Waals surface area contributed by atoms with Gasteiger partial charge in [0.05, 0.1) is 12.0 Å². The Morgan fingerprint density at radius 2 is 1.96 bits per heavy atom. The van der Waals surface area contributed by atoms with Gasteiger partial charge >= 0.3 is 5.97 Å². The topological polar surface area (TPSA) is 66.8 Å². The van der Waals surface area contributed by atoms with Crippen molar-refractivity contribution in [2.24, 2.45) is 11.3 Å². The molecule has 0 spiro atoms. The second-order valence-electron chi connectivity index (χ2n) is 6.81. The largest absolute Gasteiger partial charge is 0.481 e. The zero-order chi connectivity index (χ0) is 17.6. The smallest absolute Gasteiger partial charge is 0.311 e. The number of hydrogen-bond acceptors (Lipinski definition) is 3. The van der Waals surface area contributed by atoms with Gasteiger partial charge < -0.3 is 14.7 Å². The summed E-state index contributed by atoms with van der Waals surface area (Å²) in [5.41, 5.74) is -0.337. The van der Waals surface area contributed by atoms with Gasteiger partial charge in [0.15, 0.2) is 0 Å². The average Bonchev–Trinajstić information content (AvgIpc) is 3.02. The number of amides is 1. The van der Waals surface area contributed by atoms with Gasteiger partial charge in [0.25, 0.3) is 5.91 Å². The van der Waals surface area contributed by atoms with Gasteiger partial charge in [-0.1, -0.05) is 35.9 Å². The maximum Gasteiger partial charge on any atom is 0.311 e. The SMILES string of the molecule is O=C(c1cccc2c(Cl)cccc12)N1C[C@@H]2COCC[C@]2(C(=O)O)C1. The Labute approximate surface area is 150 Å². The maximum absolute atomic E-state index is 13.1. The first-order valence-electron chi connectivity index (χ1n) is 8.30. The van der Waals surface area contributed by atoms with Crippen LogP contribution >= 0.6 is 11.6 Å². The summed E-state index contributed by atoms with van der Waals surface area (Å²) in [7, 11) is 0. The van der Waals surface area contributed by atoms with Crippen LogP contribution in [0.2, 0.25) is 5.02 Å². The molecule has 1 N–H and O–H groups in total. The predicted molar refractivity (Wildman–Crippen MR) is 93.9 cm³/mol. The second-order valence-corrected chi connectivity index (χ2v) is 7.22. The number of likely N-dealkylation sites (tertiary alicyclic amines) is 1. The van der Waals surface area contributed by atoms with E-state index in [-0.39, 0.29) is 18.4 Å². The molecule has 0 radical (unpaired) electrons. The summed E-state index contributed by atoms with van der Waals surface area (Å²) in [4.78, 5) is 26.7. The van der Waals surface area contributed by atoms with E-state index in [1.165, 1.54) is 0 Å². The summed E-state index contributed by atoms with van der Waals surface area (Å²) in [6.45, 7) is 1.44. The zero-order valence-corrected chi connectivity index (χ0v) is 14.3. The lowest BCUT2D eigenvalue weighted by Gasteiger charge is -2.33. The molecule has 2 fully saturated rings. The molecule has 2 aromatic carbocycles. The standard InChI is InChI=1S/C19H18ClNO4/c20-16-6-2-3-13-14(16)4-1-5-15(13)17(22)21-9-12-10-25-8-7-19(12,11-21)18(23)24/h1-6,12H,7-11H2,(H,23,24)/t12-,19+/m1/s1. The van der Waals surface area contributed by atoms with Gasteiger partial charge in [-0.25, -0.2) is 0 Å². The Morgan fingerprint density at radius 3 is 2.72 bits per heavy atom. The molecule has 2 heterocycles. The fourth-order valence-electron chi connectivity index (χ4n) is 4.08. The highest BCUT2D eigenvalue weighted by Gasteiger charge is 2.55. The zero-order valence-electron chi connectivity index (χ0n) is 13.6. The number of rotatable bonds is 2. The van der Waals surface area contributed by atoms with E-state index < -0.39 is 11.4 Å². The highest BCUT2D eigenvalue weighted by atomic mass is 35.5. The first kappa shape index (κ1) is 16.4. The molecular formula is C19H18ClNO4. The van der Waals surface area contributed by atoms with Crippen molar-refractivity contribution in [2.75, 3.05) is 26.3 Å². The van der Waals surface area contributed by atoms with Crippen molar-refractivity contribution in [3.05, 3.63) is 47.0 Å². The first-order valence-corrected chi connectivity index (χ1v) is 8.68. The Bertz CT molecular complexity index is 868. The van der Waals surface area contributed by atoms with Crippen LogP contribution in [0.15, 0.2) is 36.4 Å². The van der Waals surface area contributed by atoms with E-state index in [1.807, 2.05) is 18.2 Å². The first-order chi connectivity index (χ1) is 12.0. The van der Waals surface area contributed by atoms with Crippen molar-refractivity contribution in [1.29, 1.82) is 0 Å². The van der Waals surface area contributed by atoms with Crippen LogP contribution in [0, 0.1) is 11.3 Å². The van der Waals surface area contributed by atoms with Crippen molar-refractivity contribution >= 4 is 34.2 Å². The van der Waals surface area contributed by atoms with E-state index in [2.05, 4.69) is 0 Å². The molecule has 25 heavy (non-hydrogen) atoms. The molecule has 0 bridgehead atoms. The number of carboxylic acid groups (broad SMARTS) is 1. The van der Waals surface area contributed by atoms with Crippen LogP contribution in [-0.4, -0.2) is 48.2 Å². The molecule has 4 rings (SSSR count). The number of aliphatic carboxylic acids is 1. The number of carbonyl (C=O) groups excluding carboxylic acids is 1. The maximum atomic E-state index is 13.1. The molecule has 0 aromatic heterocycles. The Kier molecular flexibility index (Phi) is 3.93. The fraction of sp³-hybridized carbons (Fsp3) is 0.368. The lowest BCUT2D eigenvalue weighted by Crippen LogP contribution is -2.45. The van der Waals surface area contributed by atoms with E-state index in [1.54, 1.807) is 23.1 Å². The van der Waals surface area contributed by atoms with Gasteiger partial charge in [-0.05, 0) is 23.9 Å². The van der Waals surface area contributed by atoms with Crippen LogP contribution in [0.5, 0.6) is 0 Å². The van der Waals surface area contributed by atoms with E-state index in [0.717, 1.165) is 10.8 Å². The van der Waals surface area contributed by atoms with Gasteiger partial charge in [-0.3, -0.25) is 9.59 Å². The summed E-state index contributed by atoms with van der Waals surface area (Å²) in [6.07, 6.45) is 0.443. The molecule has 1 amide bonds. The minimum absolute atomic E-state index is 0.150. The minimum atomic E-state index is -0.893. The summed E-state index contributed by atoms with van der Waals surface area (Å²) < 4.78 is 5.46. The summed E-state index contributed by atoms with van der Waals surface area (Å²) in [5, 5.41) is 12.0. The van der Waals surface area contributed by atoms with E-state index in [0.29, 0.717) is 36.8 Å². The molecule has 2 aliphatic rings. The number of carboxylic acids is 1. The Morgan fingerprint density at radius 1 is 1.20 bits per heavy atom. The van der Waals surface area contributed by atoms with Crippen LogP contribution in [0.3, 0.4) is 0 Å². The number of nitrogens with zero attached hydrogens (tertiary/aromatic N) is 1. The highest BCUT2D eigenvalue weighted by Crippen LogP contribution is 2.43. The van der Waals surface area contributed by atoms with E-state index in [9.17, 15) is 14.7 Å². The fourth-order valence-corrected chi connectivity index (χ4v) is 4.32. The molecule has 0 unspecified atom stereocenters.